The van der Waals surface area contributed by atoms with Gasteiger partial charge in [-0.05, 0) is 32.9 Å². The third-order valence-electron chi connectivity index (χ3n) is 2.99. The lowest BCUT2D eigenvalue weighted by Crippen LogP contribution is -2.39. The van der Waals surface area contributed by atoms with Crippen LogP contribution in [0.3, 0.4) is 0 Å². The number of H-pyrrole nitrogens is 1. The van der Waals surface area contributed by atoms with E-state index in [9.17, 15) is 9.59 Å². The summed E-state index contributed by atoms with van der Waals surface area (Å²) in [6, 6.07) is 1.39. The molecular formula is C11H17N3O2. The Labute approximate surface area is 93.7 Å². The normalized spacial score (nSPS) is 17.6. The smallest absolute Gasteiger partial charge is 0.266 e. The second-order valence-electron chi connectivity index (χ2n) is 4.35. The van der Waals surface area contributed by atoms with Crippen molar-refractivity contribution in [2.45, 2.75) is 32.9 Å². The van der Waals surface area contributed by atoms with E-state index < -0.39 is 0 Å². The zero-order valence-electron chi connectivity index (χ0n) is 9.53. The maximum atomic E-state index is 11.6. The summed E-state index contributed by atoms with van der Waals surface area (Å²) in [6.07, 6.45) is 3.60. The van der Waals surface area contributed by atoms with Crippen molar-refractivity contribution < 1.29 is 0 Å². The first kappa shape index (κ1) is 11.1. The van der Waals surface area contributed by atoms with E-state index in [0.29, 0.717) is 12.2 Å². The number of rotatable bonds is 2. The van der Waals surface area contributed by atoms with Crippen molar-refractivity contribution in [3.8, 4) is 0 Å². The number of hydrogen-bond donors (Lipinski definition) is 1. The summed E-state index contributed by atoms with van der Waals surface area (Å²) in [5.41, 5.74) is 0.152. The molecule has 88 valence electrons. The minimum Gasteiger partial charge on any atom is -0.284 e. The zero-order chi connectivity index (χ0) is 11.5. The van der Waals surface area contributed by atoms with Crippen LogP contribution in [0.5, 0.6) is 0 Å². The Morgan fingerprint density at radius 3 is 2.62 bits per heavy atom. The van der Waals surface area contributed by atoms with Crippen molar-refractivity contribution >= 4 is 0 Å². The molecule has 1 fully saturated rings. The van der Waals surface area contributed by atoms with Gasteiger partial charge in [0.15, 0.2) is 0 Å². The van der Waals surface area contributed by atoms with Crippen molar-refractivity contribution in [3.63, 3.8) is 0 Å². The minimum absolute atomic E-state index is 0.136. The highest BCUT2D eigenvalue weighted by atomic mass is 16.2. The number of piperidine rings is 1. The summed E-state index contributed by atoms with van der Waals surface area (Å²) in [5.74, 6) is 0. The number of hydrogen-bond acceptors (Lipinski definition) is 3. The van der Waals surface area contributed by atoms with Crippen LogP contribution in [0.4, 0.5) is 0 Å². The predicted octanol–water partition coefficient (Wildman–Crippen LogP) is 0.288. The van der Waals surface area contributed by atoms with E-state index >= 15 is 0 Å². The largest absolute Gasteiger partial charge is 0.284 e. The lowest BCUT2D eigenvalue weighted by Gasteiger charge is -2.26. The molecule has 1 aromatic rings. The van der Waals surface area contributed by atoms with E-state index in [-0.39, 0.29) is 11.1 Å². The highest BCUT2D eigenvalue weighted by Gasteiger charge is 2.11. The van der Waals surface area contributed by atoms with Gasteiger partial charge in [0.05, 0.1) is 6.67 Å². The molecule has 5 nitrogen and oxygen atoms in total. The molecule has 16 heavy (non-hydrogen) atoms. The van der Waals surface area contributed by atoms with Crippen molar-refractivity contribution in [1.29, 1.82) is 0 Å². The Balaban J connectivity index is 2.17. The monoisotopic (exact) mass is 223 g/mol. The zero-order valence-corrected chi connectivity index (χ0v) is 9.53. The Morgan fingerprint density at radius 1 is 1.25 bits per heavy atom. The molecule has 2 rings (SSSR count). The molecule has 1 aromatic heterocycles. The summed E-state index contributed by atoms with van der Waals surface area (Å²) in [5, 5.41) is 2.60. The summed E-state index contributed by atoms with van der Waals surface area (Å²) in [6.45, 7) is 4.14. The van der Waals surface area contributed by atoms with E-state index in [2.05, 4.69) is 10.00 Å². The first-order chi connectivity index (χ1) is 7.66. The molecule has 0 aromatic carbocycles. The topological polar surface area (TPSA) is 58.1 Å². The molecule has 1 aliphatic rings. The number of aromatic nitrogens is 2. The Morgan fingerprint density at radius 2 is 1.94 bits per heavy atom. The molecule has 2 heterocycles. The number of nitrogens with zero attached hydrogens (tertiary/aromatic N) is 2. The van der Waals surface area contributed by atoms with Crippen LogP contribution in [0, 0.1) is 6.92 Å². The average molecular weight is 223 g/mol. The van der Waals surface area contributed by atoms with Crippen molar-refractivity contribution in [1.82, 2.24) is 14.7 Å². The number of likely N-dealkylation sites (tertiary alicyclic amines) is 1. The fourth-order valence-electron chi connectivity index (χ4n) is 2.00. The van der Waals surface area contributed by atoms with Crippen molar-refractivity contribution in [3.05, 3.63) is 32.3 Å². The van der Waals surface area contributed by atoms with E-state index in [1.54, 1.807) is 6.92 Å². The third-order valence-corrected chi connectivity index (χ3v) is 2.99. The molecule has 0 bridgehead atoms. The fraction of sp³-hybridized carbons (Fsp3) is 0.636. The van der Waals surface area contributed by atoms with E-state index in [1.165, 1.54) is 30.0 Å². The van der Waals surface area contributed by atoms with Gasteiger partial charge in [-0.15, -0.1) is 0 Å². The van der Waals surface area contributed by atoms with Crippen molar-refractivity contribution in [2.24, 2.45) is 0 Å². The molecule has 0 amide bonds. The van der Waals surface area contributed by atoms with Crippen LogP contribution in [0.2, 0.25) is 0 Å². The van der Waals surface area contributed by atoms with Gasteiger partial charge in [0.1, 0.15) is 0 Å². The number of aromatic amines is 1. The van der Waals surface area contributed by atoms with Gasteiger partial charge in [0, 0.05) is 11.6 Å². The fourth-order valence-corrected chi connectivity index (χ4v) is 2.00. The molecule has 0 radical (unpaired) electrons. The third kappa shape index (κ3) is 2.41. The van der Waals surface area contributed by atoms with Crippen LogP contribution >= 0.6 is 0 Å². The summed E-state index contributed by atoms with van der Waals surface area (Å²) >= 11 is 0. The molecular weight excluding hydrogens is 206 g/mol. The lowest BCUT2D eigenvalue weighted by atomic mass is 10.1. The van der Waals surface area contributed by atoms with Gasteiger partial charge in [0.25, 0.3) is 11.1 Å². The highest BCUT2D eigenvalue weighted by molar-refractivity contribution is 5.03. The maximum absolute atomic E-state index is 11.6. The Bertz CT molecular complexity index is 469. The molecule has 1 aliphatic heterocycles. The standard InChI is InChI=1S/C11H17N3O2/c1-9-7-10(15)14(12-11(9)16)8-13-5-3-2-4-6-13/h7H,2-6,8H2,1H3,(H,12,16). The van der Waals surface area contributed by atoms with Crippen molar-refractivity contribution in [2.75, 3.05) is 13.1 Å². The van der Waals surface area contributed by atoms with Gasteiger partial charge < -0.3 is 0 Å². The molecule has 0 aliphatic carbocycles. The Kier molecular flexibility index (Phi) is 3.24. The van der Waals surface area contributed by atoms with Gasteiger partial charge in [-0.3, -0.25) is 19.6 Å². The minimum atomic E-state index is -0.184. The maximum Gasteiger partial charge on any atom is 0.266 e. The number of nitrogens with one attached hydrogen (secondary N) is 1. The predicted molar refractivity (Wildman–Crippen MR) is 61.5 cm³/mol. The summed E-state index contributed by atoms with van der Waals surface area (Å²) < 4.78 is 1.39. The average Bonchev–Trinajstić information content (AvgIpc) is 2.27. The molecule has 0 atom stereocenters. The molecule has 1 saturated heterocycles. The van der Waals surface area contributed by atoms with Crippen LogP contribution in [-0.2, 0) is 6.67 Å². The van der Waals surface area contributed by atoms with Crippen LogP contribution < -0.4 is 11.1 Å². The van der Waals surface area contributed by atoms with Crippen LogP contribution in [0.25, 0.3) is 0 Å². The SMILES string of the molecule is Cc1cc(=O)n(CN2CCCCC2)[nH]c1=O. The van der Waals surface area contributed by atoms with Gasteiger partial charge in [0.2, 0.25) is 0 Å². The lowest BCUT2D eigenvalue weighted by molar-refractivity contribution is 0.169. The molecule has 0 spiro atoms. The van der Waals surface area contributed by atoms with Gasteiger partial charge in [-0.25, -0.2) is 4.68 Å². The van der Waals surface area contributed by atoms with Gasteiger partial charge >= 0.3 is 0 Å². The second kappa shape index (κ2) is 4.65. The van der Waals surface area contributed by atoms with Crippen LogP contribution in [-0.4, -0.2) is 27.8 Å². The quantitative estimate of drug-likeness (QED) is 0.784. The first-order valence-electron chi connectivity index (χ1n) is 5.70. The summed E-state index contributed by atoms with van der Waals surface area (Å²) in [4.78, 5) is 25.2. The van der Waals surface area contributed by atoms with Crippen LogP contribution in [0.1, 0.15) is 24.8 Å². The van der Waals surface area contributed by atoms with E-state index in [0.717, 1.165) is 13.1 Å². The second-order valence-corrected chi connectivity index (χ2v) is 4.35. The molecule has 1 N–H and O–H groups in total. The molecule has 0 unspecified atom stereocenters. The van der Waals surface area contributed by atoms with Crippen LogP contribution in [0.15, 0.2) is 15.7 Å². The van der Waals surface area contributed by atoms with Gasteiger partial charge in [-0.2, -0.15) is 0 Å². The van der Waals surface area contributed by atoms with E-state index in [1.807, 2.05) is 0 Å². The number of aryl methyl sites for hydroxylation is 1. The van der Waals surface area contributed by atoms with E-state index in [4.69, 9.17) is 0 Å². The Hall–Kier alpha value is -1.36. The first-order valence-corrected chi connectivity index (χ1v) is 5.70. The molecule has 0 saturated carbocycles. The van der Waals surface area contributed by atoms with Gasteiger partial charge in [-0.1, -0.05) is 6.42 Å². The summed E-state index contributed by atoms with van der Waals surface area (Å²) in [7, 11) is 0. The molecule has 5 heteroatoms. The highest BCUT2D eigenvalue weighted by Crippen LogP contribution is 2.08.